The molecule has 0 aromatic carbocycles. The molecular weight excluding hydrogens is 228 g/mol. The van der Waals surface area contributed by atoms with Crippen LogP contribution in [0.3, 0.4) is 0 Å². The zero-order valence-electron chi connectivity index (χ0n) is 15.0. The van der Waals surface area contributed by atoms with Crippen molar-refractivity contribution in [3.05, 3.63) is 0 Å². The van der Waals surface area contributed by atoms with Crippen LogP contribution in [0.15, 0.2) is 0 Å². The van der Waals surface area contributed by atoms with E-state index in [9.17, 15) is 0 Å². The lowest BCUT2D eigenvalue weighted by molar-refractivity contribution is 0.233. The van der Waals surface area contributed by atoms with Gasteiger partial charge in [-0.1, -0.05) is 55.4 Å². The third kappa shape index (κ3) is 11.5. The van der Waals surface area contributed by atoms with Crippen molar-refractivity contribution in [1.82, 2.24) is 0 Å². The lowest BCUT2D eigenvalue weighted by atomic mass is 9.78. The normalized spacial score (nSPS) is 12.9. The molecule has 0 heteroatoms. The molecule has 0 fully saturated rings. The number of hydrogen-bond donors (Lipinski definition) is 0. The van der Waals surface area contributed by atoms with E-state index in [0.717, 1.165) is 35.5 Å². The SMILES string of the molecule is CC(C)CC(CC(C)C)CC(CC(C)C)CC(C)C. The zero-order valence-corrected chi connectivity index (χ0v) is 15.0. The first kappa shape index (κ1) is 19.0. The molecule has 0 radical (unpaired) electrons. The Morgan fingerprint density at radius 3 is 0.737 bits per heavy atom. The molecule has 0 spiro atoms. The molecule has 19 heavy (non-hydrogen) atoms. The van der Waals surface area contributed by atoms with Gasteiger partial charge < -0.3 is 0 Å². The molecule has 0 atom stereocenters. The van der Waals surface area contributed by atoms with Gasteiger partial charge in [0.25, 0.3) is 0 Å². The number of hydrogen-bond acceptors (Lipinski definition) is 0. The van der Waals surface area contributed by atoms with Gasteiger partial charge in [0.2, 0.25) is 0 Å². The molecule has 0 aliphatic carbocycles. The fourth-order valence-electron chi connectivity index (χ4n) is 3.72. The van der Waals surface area contributed by atoms with Crippen LogP contribution in [0.1, 0.15) is 87.5 Å². The highest BCUT2D eigenvalue weighted by Gasteiger charge is 2.20. The molecule has 0 rings (SSSR count). The summed E-state index contributed by atoms with van der Waals surface area (Å²) in [5, 5.41) is 0. The largest absolute Gasteiger partial charge is 0.0628 e. The Balaban J connectivity index is 4.51. The van der Waals surface area contributed by atoms with Crippen molar-refractivity contribution in [2.24, 2.45) is 35.5 Å². The Hall–Kier alpha value is 0. The van der Waals surface area contributed by atoms with Crippen molar-refractivity contribution in [3.63, 3.8) is 0 Å². The van der Waals surface area contributed by atoms with Crippen LogP contribution in [-0.4, -0.2) is 0 Å². The third-order valence-corrected chi connectivity index (χ3v) is 3.89. The van der Waals surface area contributed by atoms with E-state index in [-0.39, 0.29) is 0 Å². The van der Waals surface area contributed by atoms with Gasteiger partial charge in [0.1, 0.15) is 0 Å². The van der Waals surface area contributed by atoms with Gasteiger partial charge in [-0.05, 0) is 67.6 Å². The molecule has 0 aliphatic rings. The summed E-state index contributed by atoms with van der Waals surface area (Å²) in [6.07, 6.45) is 7.15. The van der Waals surface area contributed by atoms with E-state index < -0.39 is 0 Å². The maximum Gasteiger partial charge on any atom is -0.0407 e. The van der Waals surface area contributed by atoms with Crippen molar-refractivity contribution < 1.29 is 0 Å². The predicted molar refractivity (Wildman–Crippen MR) is 89.4 cm³/mol. The predicted octanol–water partition coefficient (Wildman–Crippen LogP) is 6.79. The molecule has 0 nitrogen and oxygen atoms in total. The summed E-state index contributed by atoms with van der Waals surface area (Å²) in [7, 11) is 0. The minimum atomic E-state index is 0.850. The summed E-state index contributed by atoms with van der Waals surface area (Å²) in [5.41, 5.74) is 0. The molecule has 0 saturated heterocycles. The van der Waals surface area contributed by atoms with Crippen molar-refractivity contribution in [2.45, 2.75) is 87.5 Å². The van der Waals surface area contributed by atoms with Crippen LogP contribution in [0, 0.1) is 35.5 Å². The van der Waals surface area contributed by atoms with Crippen LogP contribution in [-0.2, 0) is 0 Å². The van der Waals surface area contributed by atoms with Gasteiger partial charge in [0.15, 0.2) is 0 Å². The second kappa shape index (κ2) is 9.83. The van der Waals surface area contributed by atoms with Gasteiger partial charge >= 0.3 is 0 Å². The van der Waals surface area contributed by atoms with Crippen molar-refractivity contribution >= 4 is 0 Å². The van der Waals surface area contributed by atoms with Gasteiger partial charge in [-0.25, -0.2) is 0 Å². The van der Waals surface area contributed by atoms with Crippen LogP contribution in [0.4, 0.5) is 0 Å². The summed E-state index contributed by atoms with van der Waals surface area (Å²) in [6, 6.07) is 0. The van der Waals surface area contributed by atoms with Crippen molar-refractivity contribution in [3.8, 4) is 0 Å². The maximum absolute atomic E-state index is 2.38. The van der Waals surface area contributed by atoms with Crippen LogP contribution in [0.2, 0.25) is 0 Å². The first-order valence-corrected chi connectivity index (χ1v) is 8.70. The molecule has 0 aromatic heterocycles. The number of rotatable bonds is 10. The van der Waals surface area contributed by atoms with E-state index in [4.69, 9.17) is 0 Å². The molecule has 0 heterocycles. The van der Waals surface area contributed by atoms with Gasteiger partial charge in [0, 0.05) is 0 Å². The smallest absolute Gasteiger partial charge is 0.0407 e. The van der Waals surface area contributed by atoms with Crippen LogP contribution in [0.25, 0.3) is 0 Å². The van der Waals surface area contributed by atoms with E-state index >= 15 is 0 Å². The summed E-state index contributed by atoms with van der Waals surface area (Å²) in [6.45, 7) is 19.1. The lowest BCUT2D eigenvalue weighted by Crippen LogP contribution is -2.16. The first-order chi connectivity index (χ1) is 8.70. The highest BCUT2D eigenvalue weighted by atomic mass is 14.3. The third-order valence-electron chi connectivity index (χ3n) is 3.89. The zero-order chi connectivity index (χ0) is 15.0. The van der Waals surface area contributed by atoms with E-state index in [1.54, 1.807) is 0 Å². The molecule has 0 aromatic rings. The summed E-state index contributed by atoms with van der Waals surface area (Å²) >= 11 is 0. The minimum absolute atomic E-state index is 0.850. The first-order valence-electron chi connectivity index (χ1n) is 8.70. The Morgan fingerprint density at radius 2 is 0.579 bits per heavy atom. The molecular formula is C19H40. The summed E-state index contributed by atoms with van der Waals surface area (Å²) < 4.78 is 0. The van der Waals surface area contributed by atoms with Crippen molar-refractivity contribution in [1.29, 1.82) is 0 Å². The second-order valence-corrected chi connectivity index (χ2v) is 8.49. The Kier molecular flexibility index (Phi) is 9.83. The van der Waals surface area contributed by atoms with E-state index in [2.05, 4.69) is 55.4 Å². The summed E-state index contributed by atoms with van der Waals surface area (Å²) in [5.74, 6) is 5.29. The van der Waals surface area contributed by atoms with Gasteiger partial charge in [-0.3, -0.25) is 0 Å². The van der Waals surface area contributed by atoms with Crippen molar-refractivity contribution in [2.75, 3.05) is 0 Å². The van der Waals surface area contributed by atoms with E-state index in [1.807, 2.05) is 0 Å². The second-order valence-electron chi connectivity index (χ2n) is 8.49. The average Bonchev–Trinajstić information content (AvgIpc) is 2.11. The topological polar surface area (TPSA) is 0 Å². The molecule has 0 bridgehead atoms. The van der Waals surface area contributed by atoms with Gasteiger partial charge in [0.05, 0.1) is 0 Å². The molecule has 0 amide bonds. The average molecular weight is 269 g/mol. The lowest BCUT2D eigenvalue weighted by Gasteiger charge is -2.28. The molecule has 0 unspecified atom stereocenters. The molecule has 0 saturated carbocycles. The van der Waals surface area contributed by atoms with Gasteiger partial charge in [-0.15, -0.1) is 0 Å². The van der Waals surface area contributed by atoms with Crippen LogP contribution >= 0.6 is 0 Å². The van der Waals surface area contributed by atoms with E-state index in [1.165, 1.54) is 32.1 Å². The monoisotopic (exact) mass is 268 g/mol. The van der Waals surface area contributed by atoms with Crippen LogP contribution < -0.4 is 0 Å². The highest BCUT2D eigenvalue weighted by Crippen LogP contribution is 2.32. The quantitative estimate of drug-likeness (QED) is 0.409. The Bertz CT molecular complexity index is 158. The van der Waals surface area contributed by atoms with Gasteiger partial charge in [-0.2, -0.15) is 0 Å². The fraction of sp³-hybridized carbons (Fsp3) is 1.00. The maximum atomic E-state index is 2.38. The minimum Gasteiger partial charge on any atom is -0.0628 e. The standard InChI is InChI=1S/C19H40/c1-14(2)9-18(10-15(3)4)13-19(11-16(5)6)12-17(7)8/h14-19H,9-13H2,1-8H3. The Labute approximate surface area is 123 Å². The summed E-state index contributed by atoms with van der Waals surface area (Å²) in [4.78, 5) is 0. The Morgan fingerprint density at radius 1 is 0.368 bits per heavy atom. The molecule has 116 valence electrons. The molecule has 0 aliphatic heterocycles. The highest BCUT2D eigenvalue weighted by molar-refractivity contribution is 4.72. The molecule has 0 N–H and O–H groups in total. The van der Waals surface area contributed by atoms with Crippen LogP contribution in [0.5, 0.6) is 0 Å². The fourth-order valence-corrected chi connectivity index (χ4v) is 3.72. The van der Waals surface area contributed by atoms with E-state index in [0.29, 0.717) is 0 Å².